The highest BCUT2D eigenvalue weighted by atomic mass is 32.1. The van der Waals surface area contributed by atoms with Crippen LogP contribution in [0.4, 0.5) is 0 Å². The molecular weight excluding hydrogens is 334 g/mol. The zero-order valence-electron chi connectivity index (χ0n) is 15.0. The molecule has 3 N–H and O–H groups in total. The smallest absolute Gasteiger partial charge is 0.191 e. The lowest BCUT2D eigenvalue weighted by molar-refractivity contribution is 0.0710. The molecule has 0 aliphatic rings. The van der Waals surface area contributed by atoms with E-state index in [2.05, 4.69) is 15.6 Å². The van der Waals surface area contributed by atoms with Crippen LogP contribution in [0.3, 0.4) is 0 Å². The summed E-state index contributed by atoms with van der Waals surface area (Å²) in [5.74, 6) is 0.664. The minimum atomic E-state index is -0.976. The van der Waals surface area contributed by atoms with E-state index in [1.165, 1.54) is 11.3 Å². The molecule has 2 atom stereocenters. The summed E-state index contributed by atoms with van der Waals surface area (Å²) in [5.41, 5.74) is 0.135. The van der Waals surface area contributed by atoms with E-state index >= 15 is 0 Å². The number of thiophene rings is 1. The molecule has 0 saturated heterocycles. The van der Waals surface area contributed by atoms with Crippen LogP contribution in [0.5, 0.6) is 0 Å². The third-order valence-electron chi connectivity index (χ3n) is 3.85. The fourth-order valence-corrected chi connectivity index (χ4v) is 3.21. The van der Waals surface area contributed by atoms with Crippen LogP contribution in [0, 0.1) is 0 Å². The molecule has 0 amide bonds. The lowest BCUT2D eigenvalue weighted by Gasteiger charge is -2.22. The van der Waals surface area contributed by atoms with Crippen molar-refractivity contribution in [3.05, 3.63) is 58.3 Å². The van der Waals surface area contributed by atoms with Gasteiger partial charge in [0.15, 0.2) is 5.96 Å². The van der Waals surface area contributed by atoms with Gasteiger partial charge in [-0.15, -0.1) is 11.3 Å². The Bertz CT molecular complexity index is 642. The second kappa shape index (κ2) is 9.56. The van der Waals surface area contributed by atoms with Crippen molar-refractivity contribution in [3.8, 4) is 0 Å². The number of hydrogen-bond donors (Lipinski definition) is 3. The third kappa shape index (κ3) is 5.85. The van der Waals surface area contributed by atoms with Gasteiger partial charge < -0.3 is 20.5 Å². The highest BCUT2D eigenvalue weighted by molar-refractivity contribution is 7.10. The van der Waals surface area contributed by atoms with Crippen molar-refractivity contribution in [2.75, 3.05) is 26.7 Å². The Balaban J connectivity index is 2.00. The number of rotatable bonds is 8. The Morgan fingerprint density at radius 3 is 2.60 bits per heavy atom. The number of ether oxygens (including phenoxy) is 1. The molecule has 5 nitrogen and oxygen atoms in total. The van der Waals surface area contributed by atoms with Crippen LogP contribution in [0.15, 0.2) is 52.8 Å². The average Bonchev–Trinajstić information content (AvgIpc) is 3.17. The van der Waals surface area contributed by atoms with Gasteiger partial charge in [0.05, 0.1) is 12.6 Å². The standard InChI is InChI=1S/C19H27N3O2S/c1-4-20-18(22-14-19(2,23)17-11-8-12-25-17)21-13-16(24-3)15-9-6-5-7-10-15/h5-12,16,23H,4,13-14H2,1-3H3,(H2,20,21,22). The van der Waals surface area contributed by atoms with Crippen molar-refractivity contribution >= 4 is 17.3 Å². The van der Waals surface area contributed by atoms with Gasteiger partial charge in [0, 0.05) is 25.1 Å². The summed E-state index contributed by atoms with van der Waals surface area (Å²) >= 11 is 1.53. The number of guanidine groups is 1. The van der Waals surface area contributed by atoms with E-state index in [-0.39, 0.29) is 12.6 Å². The monoisotopic (exact) mass is 361 g/mol. The van der Waals surface area contributed by atoms with Gasteiger partial charge in [0.25, 0.3) is 0 Å². The van der Waals surface area contributed by atoms with E-state index in [0.717, 1.165) is 17.0 Å². The molecule has 2 unspecified atom stereocenters. The predicted octanol–water partition coefficient (Wildman–Crippen LogP) is 2.90. The van der Waals surface area contributed by atoms with Gasteiger partial charge in [0.2, 0.25) is 0 Å². The van der Waals surface area contributed by atoms with Gasteiger partial charge in [-0.1, -0.05) is 36.4 Å². The molecule has 0 aliphatic heterocycles. The fourth-order valence-electron chi connectivity index (χ4n) is 2.43. The fraction of sp³-hybridized carbons (Fsp3) is 0.421. The highest BCUT2D eigenvalue weighted by Crippen LogP contribution is 2.25. The summed E-state index contributed by atoms with van der Waals surface area (Å²) in [6.07, 6.45) is -0.0668. The number of hydrogen-bond acceptors (Lipinski definition) is 4. The van der Waals surface area contributed by atoms with Gasteiger partial charge in [-0.3, -0.25) is 0 Å². The first-order chi connectivity index (χ1) is 12.1. The van der Waals surface area contributed by atoms with Crippen molar-refractivity contribution in [1.29, 1.82) is 0 Å². The molecule has 1 aromatic heterocycles. The van der Waals surface area contributed by atoms with Gasteiger partial charge in [-0.2, -0.15) is 0 Å². The maximum Gasteiger partial charge on any atom is 0.191 e. The second-order valence-electron chi connectivity index (χ2n) is 5.96. The van der Waals surface area contributed by atoms with E-state index in [1.807, 2.05) is 54.8 Å². The van der Waals surface area contributed by atoms with Crippen LogP contribution in [-0.2, 0) is 10.3 Å². The number of methoxy groups -OCH3 is 1. The van der Waals surface area contributed by atoms with Crippen molar-refractivity contribution in [2.24, 2.45) is 4.99 Å². The number of aliphatic imine (C=N–C) groups is 1. The molecule has 1 aromatic carbocycles. The van der Waals surface area contributed by atoms with Crippen LogP contribution in [0.2, 0.25) is 0 Å². The Labute approximate surface area is 153 Å². The maximum atomic E-state index is 10.6. The topological polar surface area (TPSA) is 65.9 Å². The second-order valence-corrected chi connectivity index (χ2v) is 6.91. The first kappa shape index (κ1) is 19.4. The van der Waals surface area contributed by atoms with Crippen molar-refractivity contribution < 1.29 is 9.84 Å². The van der Waals surface area contributed by atoms with Crippen LogP contribution in [0.1, 0.15) is 30.4 Å². The number of aliphatic hydroxyl groups is 1. The molecule has 136 valence electrons. The molecule has 0 bridgehead atoms. The summed E-state index contributed by atoms with van der Waals surface area (Å²) in [6, 6.07) is 13.9. The van der Waals surface area contributed by atoms with Gasteiger partial charge in [0.1, 0.15) is 5.60 Å². The van der Waals surface area contributed by atoms with Crippen molar-refractivity contribution in [1.82, 2.24) is 10.6 Å². The lowest BCUT2D eigenvalue weighted by atomic mass is 10.1. The number of nitrogens with one attached hydrogen (secondary N) is 2. The molecule has 0 radical (unpaired) electrons. The van der Waals surface area contributed by atoms with E-state index < -0.39 is 5.60 Å². The molecule has 0 spiro atoms. The average molecular weight is 362 g/mol. The molecule has 6 heteroatoms. The zero-order valence-corrected chi connectivity index (χ0v) is 15.8. The molecule has 2 aromatic rings. The van der Waals surface area contributed by atoms with E-state index in [0.29, 0.717) is 12.5 Å². The SMILES string of the molecule is CCNC(=NCC(C)(O)c1cccs1)NCC(OC)c1ccccc1. The zero-order chi connectivity index (χ0) is 18.1. The molecule has 0 aliphatic carbocycles. The van der Waals surface area contributed by atoms with Gasteiger partial charge >= 0.3 is 0 Å². The minimum Gasteiger partial charge on any atom is -0.383 e. The largest absolute Gasteiger partial charge is 0.383 e. The van der Waals surface area contributed by atoms with Crippen molar-refractivity contribution in [2.45, 2.75) is 25.6 Å². The summed E-state index contributed by atoms with van der Waals surface area (Å²) < 4.78 is 5.58. The molecule has 2 rings (SSSR count). The summed E-state index contributed by atoms with van der Waals surface area (Å²) in [5, 5.41) is 19.1. The lowest BCUT2D eigenvalue weighted by Crippen LogP contribution is -2.40. The third-order valence-corrected chi connectivity index (χ3v) is 4.98. The normalized spacial score (nSPS) is 15.4. The molecule has 25 heavy (non-hydrogen) atoms. The molecule has 0 saturated carbocycles. The van der Waals surface area contributed by atoms with E-state index in [9.17, 15) is 5.11 Å². The molecule has 1 heterocycles. The minimum absolute atomic E-state index is 0.0668. The van der Waals surface area contributed by atoms with E-state index in [4.69, 9.17) is 4.74 Å². The summed E-state index contributed by atoms with van der Waals surface area (Å²) in [7, 11) is 1.70. The van der Waals surface area contributed by atoms with Gasteiger partial charge in [-0.25, -0.2) is 4.99 Å². The van der Waals surface area contributed by atoms with Crippen LogP contribution in [0.25, 0.3) is 0 Å². The first-order valence-corrected chi connectivity index (χ1v) is 9.31. The first-order valence-electron chi connectivity index (χ1n) is 8.43. The maximum absolute atomic E-state index is 10.6. The Morgan fingerprint density at radius 1 is 1.24 bits per heavy atom. The molecule has 0 fully saturated rings. The number of benzene rings is 1. The van der Waals surface area contributed by atoms with E-state index in [1.54, 1.807) is 14.0 Å². The Kier molecular flexibility index (Phi) is 7.43. The van der Waals surface area contributed by atoms with Gasteiger partial charge in [-0.05, 0) is 30.9 Å². The highest BCUT2D eigenvalue weighted by Gasteiger charge is 2.24. The predicted molar refractivity (Wildman–Crippen MR) is 104 cm³/mol. The summed E-state index contributed by atoms with van der Waals surface area (Å²) in [4.78, 5) is 5.45. The quantitative estimate of drug-likeness (QED) is 0.500. The molecular formula is C19H27N3O2S. The Hall–Kier alpha value is -1.89. The van der Waals surface area contributed by atoms with Crippen LogP contribution >= 0.6 is 11.3 Å². The van der Waals surface area contributed by atoms with Crippen molar-refractivity contribution in [3.63, 3.8) is 0 Å². The van der Waals surface area contributed by atoms with Crippen LogP contribution in [-0.4, -0.2) is 37.8 Å². The van der Waals surface area contributed by atoms with Crippen LogP contribution < -0.4 is 10.6 Å². The Morgan fingerprint density at radius 2 is 2.00 bits per heavy atom. The number of nitrogens with zero attached hydrogens (tertiary/aromatic N) is 1. The summed E-state index contributed by atoms with van der Waals surface area (Å²) in [6.45, 7) is 5.42.